The summed E-state index contributed by atoms with van der Waals surface area (Å²) in [4.78, 5) is 31.9. The Balaban J connectivity index is 1.57. The van der Waals surface area contributed by atoms with Gasteiger partial charge in [0.05, 0.1) is 17.8 Å². The summed E-state index contributed by atoms with van der Waals surface area (Å²) in [7, 11) is 0. The van der Waals surface area contributed by atoms with Gasteiger partial charge in [0.15, 0.2) is 0 Å². The molecule has 0 aliphatic carbocycles. The van der Waals surface area contributed by atoms with Crippen molar-refractivity contribution in [2.24, 2.45) is 5.92 Å². The normalized spacial score (nSPS) is 17.6. The van der Waals surface area contributed by atoms with Gasteiger partial charge in [0.2, 0.25) is 5.91 Å². The van der Waals surface area contributed by atoms with Crippen molar-refractivity contribution in [3.63, 3.8) is 0 Å². The van der Waals surface area contributed by atoms with Crippen LogP contribution in [0.2, 0.25) is 0 Å². The second kappa shape index (κ2) is 9.47. The fourth-order valence-electron chi connectivity index (χ4n) is 4.15. The molecule has 7 heteroatoms. The third-order valence-electron chi connectivity index (χ3n) is 6.26. The van der Waals surface area contributed by atoms with Crippen molar-refractivity contribution in [2.45, 2.75) is 39.0 Å². The molecule has 1 unspecified atom stereocenters. The summed E-state index contributed by atoms with van der Waals surface area (Å²) >= 11 is 0. The Labute approximate surface area is 183 Å². The Hall–Kier alpha value is -2.93. The summed E-state index contributed by atoms with van der Waals surface area (Å²) in [5.74, 6) is 1.15. The highest BCUT2D eigenvalue weighted by molar-refractivity contribution is 6.07. The van der Waals surface area contributed by atoms with Gasteiger partial charge < -0.3 is 20.3 Å². The second-order valence-corrected chi connectivity index (χ2v) is 8.36. The molecule has 2 aliphatic heterocycles. The van der Waals surface area contributed by atoms with E-state index in [1.165, 1.54) is 0 Å². The SMILES string of the molecule is CCC(C)c1ccccc1NC(=O)c1cnc2c(c1)N(CC1CCOCC1)C(=O)CN2. The summed E-state index contributed by atoms with van der Waals surface area (Å²) in [6.45, 7) is 6.59. The average molecular weight is 423 g/mol. The van der Waals surface area contributed by atoms with Gasteiger partial charge in [-0.1, -0.05) is 32.0 Å². The number of nitrogens with zero attached hydrogens (tertiary/aromatic N) is 2. The summed E-state index contributed by atoms with van der Waals surface area (Å²) in [6, 6.07) is 9.65. The van der Waals surface area contributed by atoms with E-state index >= 15 is 0 Å². The molecule has 4 rings (SSSR count). The van der Waals surface area contributed by atoms with Gasteiger partial charge in [0, 0.05) is 31.6 Å². The molecule has 1 fully saturated rings. The summed E-state index contributed by atoms with van der Waals surface area (Å²) in [6.07, 6.45) is 4.43. The number of ether oxygens (including phenoxy) is 1. The van der Waals surface area contributed by atoms with Crippen LogP contribution in [-0.2, 0) is 9.53 Å². The van der Waals surface area contributed by atoms with Crippen molar-refractivity contribution < 1.29 is 14.3 Å². The number of anilines is 3. The highest BCUT2D eigenvalue weighted by atomic mass is 16.5. The van der Waals surface area contributed by atoms with Gasteiger partial charge in [0.1, 0.15) is 5.82 Å². The van der Waals surface area contributed by atoms with E-state index in [4.69, 9.17) is 4.74 Å². The maximum Gasteiger partial charge on any atom is 0.257 e. The number of aromatic nitrogens is 1. The third-order valence-corrected chi connectivity index (χ3v) is 6.26. The first-order valence-corrected chi connectivity index (χ1v) is 11.1. The predicted octanol–water partition coefficient (Wildman–Crippen LogP) is 4.03. The Morgan fingerprint density at radius 3 is 2.87 bits per heavy atom. The fraction of sp³-hybridized carbons (Fsp3) is 0.458. The van der Waals surface area contributed by atoms with Crippen LogP contribution in [0.3, 0.4) is 0 Å². The van der Waals surface area contributed by atoms with Crippen LogP contribution >= 0.6 is 0 Å². The number of benzene rings is 1. The molecule has 0 spiro atoms. The van der Waals surface area contributed by atoms with E-state index in [1.807, 2.05) is 24.3 Å². The molecule has 31 heavy (non-hydrogen) atoms. The molecule has 3 heterocycles. The molecule has 2 aromatic rings. The first-order chi connectivity index (χ1) is 15.1. The lowest BCUT2D eigenvalue weighted by Gasteiger charge is -2.33. The van der Waals surface area contributed by atoms with Crippen molar-refractivity contribution >= 4 is 29.0 Å². The van der Waals surface area contributed by atoms with Gasteiger partial charge in [-0.15, -0.1) is 0 Å². The number of carbonyl (C=O) groups excluding carboxylic acids is 2. The molecule has 1 aromatic heterocycles. The van der Waals surface area contributed by atoms with Crippen LogP contribution in [0.5, 0.6) is 0 Å². The molecule has 2 N–H and O–H groups in total. The van der Waals surface area contributed by atoms with E-state index in [-0.39, 0.29) is 18.4 Å². The number of nitrogens with one attached hydrogen (secondary N) is 2. The van der Waals surface area contributed by atoms with E-state index in [0.29, 0.717) is 35.4 Å². The van der Waals surface area contributed by atoms with Crippen molar-refractivity contribution in [3.05, 3.63) is 47.7 Å². The Bertz CT molecular complexity index is 956. The Morgan fingerprint density at radius 2 is 2.10 bits per heavy atom. The van der Waals surface area contributed by atoms with E-state index in [9.17, 15) is 9.59 Å². The molecule has 1 saturated heterocycles. The maximum atomic E-state index is 13.0. The predicted molar refractivity (Wildman–Crippen MR) is 122 cm³/mol. The number of pyridine rings is 1. The maximum absolute atomic E-state index is 13.0. The molecule has 0 radical (unpaired) electrons. The van der Waals surface area contributed by atoms with Crippen molar-refractivity contribution in [2.75, 3.05) is 41.8 Å². The lowest BCUT2D eigenvalue weighted by atomic mass is 9.97. The number of amides is 2. The standard InChI is InChI=1S/C24H30N4O3/c1-3-16(2)19-6-4-5-7-20(19)27-24(30)18-12-21-23(25-13-18)26-14-22(29)28(21)15-17-8-10-31-11-9-17/h4-7,12-13,16-17H,3,8-11,14-15H2,1-2H3,(H,25,26)(H,27,30). The highest BCUT2D eigenvalue weighted by Gasteiger charge is 2.29. The summed E-state index contributed by atoms with van der Waals surface area (Å²) in [5.41, 5.74) is 3.03. The molecule has 0 saturated carbocycles. The van der Waals surface area contributed by atoms with Gasteiger partial charge in [-0.3, -0.25) is 9.59 Å². The van der Waals surface area contributed by atoms with Crippen molar-refractivity contribution in [3.8, 4) is 0 Å². The summed E-state index contributed by atoms with van der Waals surface area (Å²) in [5, 5.41) is 6.11. The first kappa shape index (κ1) is 21.3. The smallest absolute Gasteiger partial charge is 0.257 e. The molecular formula is C24H30N4O3. The molecule has 1 aromatic carbocycles. The third kappa shape index (κ3) is 4.71. The Kier molecular flexibility index (Phi) is 6.51. The molecule has 1 atom stereocenters. The molecule has 164 valence electrons. The van der Waals surface area contributed by atoms with E-state index in [1.54, 1.807) is 17.2 Å². The molecule has 7 nitrogen and oxygen atoms in total. The van der Waals surface area contributed by atoms with Crippen molar-refractivity contribution in [1.82, 2.24) is 4.98 Å². The molecule has 2 amide bonds. The minimum absolute atomic E-state index is 0.000432. The first-order valence-electron chi connectivity index (χ1n) is 11.1. The number of hydrogen-bond donors (Lipinski definition) is 2. The molecular weight excluding hydrogens is 392 g/mol. The van der Waals surface area contributed by atoms with Gasteiger partial charge in [-0.2, -0.15) is 0 Å². The number of carbonyl (C=O) groups is 2. The van der Waals surface area contributed by atoms with Crippen LogP contribution in [0.25, 0.3) is 0 Å². The topological polar surface area (TPSA) is 83.6 Å². The molecule has 0 bridgehead atoms. The average Bonchev–Trinajstić information content (AvgIpc) is 2.81. The summed E-state index contributed by atoms with van der Waals surface area (Å²) < 4.78 is 5.45. The van der Waals surface area contributed by atoms with E-state index in [2.05, 4.69) is 29.5 Å². The van der Waals surface area contributed by atoms with Gasteiger partial charge in [-0.05, 0) is 48.8 Å². The van der Waals surface area contributed by atoms with E-state index < -0.39 is 0 Å². The minimum atomic E-state index is -0.227. The zero-order valence-electron chi connectivity index (χ0n) is 18.2. The zero-order chi connectivity index (χ0) is 21.8. The fourth-order valence-corrected chi connectivity index (χ4v) is 4.15. The lowest BCUT2D eigenvalue weighted by molar-refractivity contribution is -0.117. The van der Waals surface area contributed by atoms with Crippen LogP contribution in [0.1, 0.15) is 54.9 Å². The highest BCUT2D eigenvalue weighted by Crippen LogP contribution is 2.31. The number of fused-ring (bicyclic) bond motifs is 1. The largest absolute Gasteiger partial charge is 0.381 e. The lowest BCUT2D eigenvalue weighted by Crippen LogP contribution is -2.44. The van der Waals surface area contributed by atoms with Crippen LogP contribution in [0.4, 0.5) is 17.2 Å². The number of rotatable bonds is 6. The monoisotopic (exact) mass is 422 g/mol. The second-order valence-electron chi connectivity index (χ2n) is 8.36. The van der Waals surface area contributed by atoms with Gasteiger partial charge >= 0.3 is 0 Å². The minimum Gasteiger partial charge on any atom is -0.381 e. The van der Waals surface area contributed by atoms with Gasteiger partial charge in [-0.25, -0.2) is 4.98 Å². The number of para-hydroxylation sites is 1. The van der Waals surface area contributed by atoms with Crippen molar-refractivity contribution in [1.29, 1.82) is 0 Å². The quantitative estimate of drug-likeness (QED) is 0.734. The van der Waals surface area contributed by atoms with Crippen LogP contribution in [-0.4, -0.2) is 43.1 Å². The van der Waals surface area contributed by atoms with Gasteiger partial charge in [0.25, 0.3) is 5.91 Å². The molecule has 2 aliphatic rings. The zero-order valence-corrected chi connectivity index (χ0v) is 18.2. The van der Waals surface area contributed by atoms with E-state index in [0.717, 1.165) is 43.7 Å². The van der Waals surface area contributed by atoms with Crippen LogP contribution in [0, 0.1) is 5.92 Å². The van der Waals surface area contributed by atoms with Crippen LogP contribution in [0.15, 0.2) is 36.5 Å². The Morgan fingerprint density at radius 1 is 1.32 bits per heavy atom. The van der Waals surface area contributed by atoms with Crippen LogP contribution < -0.4 is 15.5 Å². The number of hydrogen-bond acceptors (Lipinski definition) is 5.